The fourth-order valence-corrected chi connectivity index (χ4v) is 3.81. The first-order chi connectivity index (χ1) is 8.96. The Hall–Kier alpha value is -0.680. The van der Waals surface area contributed by atoms with Crippen molar-refractivity contribution in [1.29, 1.82) is 0 Å². The van der Waals surface area contributed by atoms with E-state index in [-0.39, 0.29) is 18.8 Å². The van der Waals surface area contributed by atoms with E-state index < -0.39 is 13.6 Å². The molecule has 0 aromatic heterocycles. The van der Waals surface area contributed by atoms with Crippen LogP contribution in [0.15, 0.2) is 22.7 Å². The van der Waals surface area contributed by atoms with Crippen LogP contribution in [0.2, 0.25) is 0 Å². The number of halogens is 1. The summed E-state index contributed by atoms with van der Waals surface area (Å²) in [5.74, 6) is -0.512. The molecule has 0 aliphatic rings. The molecule has 0 aliphatic carbocycles. The lowest BCUT2D eigenvalue weighted by molar-refractivity contribution is 0.0601. The summed E-state index contributed by atoms with van der Waals surface area (Å²) >= 11 is 3.27. The van der Waals surface area contributed by atoms with E-state index in [0.717, 1.165) is 0 Å². The Labute approximate surface area is 120 Å². The highest BCUT2D eigenvalue weighted by atomic mass is 79.9. The average Bonchev–Trinajstić information content (AvgIpc) is 2.37. The lowest BCUT2D eigenvalue weighted by atomic mass is 10.2. The summed E-state index contributed by atoms with van der Waals surface area (Å²) in [7, 11) is -2.13. The minimum absolute atomic E-state index is 0.247. The topological polar surface area (TPSA) is 61.8 Å². The first-order valence-electron chi connectivity index (χ1n) is 5.75. The number of carbonyl (C=O) groups excluding carboxylic acids is 1. The van der Waals surface area contributed by atoms with Gasteiger partial charge in [0.05, 0.1) is 31.2 Å². The Morgan fingerprint density at radius 3 is 2.26 bits per heavy atom. The molecule has 1 aromatic carbocycles. The minimum Gasteiger partial charge on any atom is -0.465 e. The number of methoxy groups -OCH3 is 1. The van der Waals surface area contributed by atoms with Crippen LogP contribution in [0.4, 0.5) is 0 Å². The van der Waals surface area contributed by atoms with Gasteiger partial charge in [-0.1, -0.05) is 15.9 Å². The van der Waals surface area contributed by atoms with E-state index in [0.29, 0.717) is 9.78 Å². The third kappa shape index (κ3) is 4.14. The largest absolute Gasteiger partial charge is 0.465 e. The van der Waals surface area contributed by atoms with E-state index in [4.69, 9.17) is 9.05 Å². The summed E-state index contributed by atoms with van der Waals surface area (Å²) in [5.41, 5.74) is 0.284. The Morgan fingerprint density at radius 2 is 1.79 bits per heavy atom. The fraction of sp³-hybridized carbons (Fsp3) is 0.417. The molecule has 0 aliphatic heterocycles. The van der Waals surface area contributed by atoms with Crippen LogP contribution in [0.25, 0.3) is 0 Å². The molecule has 7 heteroatoms. The summed E-state index contributed by atoms with van der Waals surface area (Å²) < 4.78 is 28.3. The van der Waals surface area contributed by atoms with Crippen molar-refractivity contribution in [3.05, 3.63) is 28.2 Å². The highest BCUT2D eigenvalue weighted by Gasteiger charge is 2.28. The van der Waals surface area contributed by atoms with Crippen molar-refractivity contribution in [1.82, 2.24) is 0 Å². The lowest BCUT2D eigenvalue weighted by Crippen LogP contribution is -2.14. The van der Waals surface area contributed by atoms with Crippen molar-refractivity contribution < 1.29 is 23.1 Å². The van der Waals surface area contributed by atoms with Crippen LogP contribution in [0.3, 0.4) is 0 Å². The summed E-state index contributed by atoms with van der Waals surface area (Å²) in [6.07, 6.45) is 0. The predicted octanol–water partition coefficient (Wildman–Crippen LogP) is 3.13. The van der Waals surface area contributed by atoms with E-state index in [1.54, 1.807) is 26.0 Å². The van der Waals surface area contributed by atoms with Gasteiger partial charge in [-0.25, -0.2) is 4.79 Å². The van der Waals surface area contributed by atoms with E-state index >= 15 is 0 Å². The second-order valence-corrected chi connectivity index (χ2v) is 6.47. The average molecular weight is 351 g/mol. The Kier molecular flexibility index (Phi) is 6.20. The molecule has 0 saturated heterocycles. The van der Waals surface area contributed by atoms with Crippen molar-refractivity contribution in [3.63, 3.8) is 0 Å². The third-order valence-electron chi connectivity index (χ3n) is 2.22. The number of hydrogen-bond donors (Lipinski definition) is 0. The lowest BCUT2D eigenvalue weighted by Gasteiger charge is -2.18. The fourth-order valence-electron chi connectivity index (χ4n) is 1.49. The Balaban J connectivity index is 3.27. The molecule has 0 spiro atoms. The number of hydrogen-bond acceptors (Lipinski definition) is 5. The molecule has 0 fully saturated rings. The maximum atomic E-state index is 12.6. The van der Waals surface area contributed by atoms with Crippen LogP contribution in [0, 0.1) is 0 Å². The molecule has 5 nitrogen and oxygen atoms in total. The van der Waals surface area contributed by atoms with Crippen LogP contribution in [0.5, 0.6) is 0 Å². The van der Waals surface area contributed by atoms with Gasteiger partial charge >= 0.3 is 13.6 Å². The van der Waals surface area contributed by atoms with E-state index in [2.05, 4.69) is 20.7 Å². The summed E-state index contributed by atoms with van der Waals surface area (Å²) in [6.45, 7) is 3.95. The van der Waals surface area contributed by atoms with Crippen molar-refractivity contribution in [3.8, 4) is 0 Å². The molecule has 1 aromatic rings. The predicted molar refractivity (Wildman–Crippen MR) is 76.0 cm³/mol. The molecule has 0 N–H and O–H groups in total. The first-order valence-corrected chi connectivity index (χ1v) is 8.09. The van der Waals surface area contributed by atoms with Gasteiger partial charge in [0.15, 0.2) is 0 Å². The maximum absolute atomic E-state index is 12.6. The molecular formula is C12H16BrO5P. The van der Waals surface area contributed by atoms with Crippen LogP contribution < -0.4 is 5.30 Å². The smallest absolute Gasteiger partial charge is 0.361 e. The molecule has 0 unspecified atom stereocenters. The Bertz CT molecular complexity index is 493. The van der Waals surface area contributed by atoms with Crippen LogP contribution in [0.1, 0.15) is 24.2 Å². The van der Waals surface area contributed by atoms with Crippen LogP contribution >= 0.6 is 23.5 Å². The molecule has 1 rings (SSSR count). The zero-order valence-corrected chi connectivity index (χ0v) is 13.5. The van der Waals surface area contributed by atoms with Gasteiger partial charge in [-0.2, -0.15) is 0 Å². The van der Waals surface area contributed by atoms with Gasteiger partial charge in [-0.3, -0.25) is 4.57 Å². The van der Waals surface area contributed by atoms with E-state index in [1.165, 1.54) is 13.2 Å². The van der Waals surface area contributed by atoms with Gasteiger partial charge in [0.25, 0.3) is 0 Å². The third-order valence-corrected chi connectivity index (χ3v) is 4.76. The van der Waals surface area contributed by atoms with Gasteiger partial charge in [0.2, 0.25) is 0 Å². The number of rotatable bonds is 6. The normalized spacial score (nSPS) is 11.4. The molecule has 106 valence electrons. The maximum Gasteiger partial charge on any atom is 0.361 e. The van der Waals surface area contributed by atoms with Crippen molar-refractivity contribution in [2.45, 2.75) is 13.8 Å². The zero-order chi connectivity index (χ0) is 14.5. The highest BCUT2D eigenvalue weighted by molar-refractivity contribution is 9.10. The number of carbonyl (C=O) groups is 1. The monoisotopic (exact) mass is 350 g/mol. The number of benzene rings is 1. The van der Waals surface area contributed by atoms with Gasteiger partial charge < -0.3 is 13.8 Å². The quantitative estimate of drug-likeness (QED) is 0.582. The Morgan fingerprint density at radius 1 is 1.21 bits per heavy atom. The molecule has 0 radical (unpaired) electrons. The van der Waals surface area contributed by atoms with Gasteiger partial charge in [-0.15, -0.1) is 0 Å². The van der Waals surface area contributed by atoms with Gasteiger partial charge in [0, 0.05) is 4.47 Å². The highest BCUT2D eigenvalue weighted by Crippen LogP contribution is 2.47. The first kappa shape index (κ1) is 16.4. The second kappa shape index (κ2) is 7.20. The molecule has 0 bridgehead atoms. The SMILES string of the molecule is CCOP(=O)(OCC)c1cc(Br)cc(C(=O)OC)c1. The standard InChI is InChI=1S/C12H16BrO5P/c1-4-17-19(15,18-5-2)11-7-9(12(14)16-3)6-10(13)8-11/h6-8H,4-5H2,1-3H3. The number of ether oxygens (including phenoxy) is 1. The molecular weight excluding hydrogens is 335 g/mol. The van der Waals surface area contributed by atoms with Gasteiger partial charge in [-0.05, 0) is 32.0 Å². The molecule has 0 saturated carbocycles. The van der Waals surface area contributed by atoms with E-state index in [1.807, 2.05) is 0 Å². The molecule has 0 amide bonds. The zero-order valence-electron chi connectivity index (χ0n) is 11.0. The van der Waals surface area contributed by atoms with Crippen molar-refractivity contribution >= 4 is 34.8 Å². The summed E-state index contributed by atoms with van der Waals surface area (Å²) in [4.78, 5) is 11.5. The van der Waals surface area contributed by atoms with Gasteiger partial charge in [0.1, 0.15) is 0 Å². The number of esters is 1. The second-order valence-electron chi connectivity index (χ2n) is 3.52. The molecule has 0 heterocycles. The molecule has 0 atom stereocenters. The van der Waals surface area contributed by atoms with E-state index in [9.17, 15) is 9.36 Å². The summed E-state index contributed by atoms with van der Waals surface area (Å²) in [6, 6.07) is 4.65. The van der Waals surface area contributed by atoms with Crippen molar-refractivity contribution in [2.24, 2.45) is 0 Å². The van der Waals surface area contributed by atoms with Crippen molar-refractivity contribution in [2.75, 3.05) is 20.3 Å². The van der Waals surface area contributed by atoms with Crippen LogP contribution in [-0.4, -0.2) is 26.3 Å². The summed E-state index contributed by atoms with van der Waals surface area (Å²) in [5, 5.41) is 0.325. The minimum atomic E-state index is -3.41. The van der Waals surface area contributed by atoms with Crippen LogP contribution in [-0.2, 0) is 18.3 Å². The molecule has 19 heavy (non-hydrogen) atoms.